The van der Waals surface area contributed by atoms with Crippen LogP contribution >= 0.6 is 0 Å². The Hall–Kier alpha value is -4.04. The maximum Gasteiger partial charge on any atom is 0.179 e. The monoisotopic (exact) mass is 398 g/mol. The highest BCUT2D eigenvalue weighted by molar-refractivity contribution is 6.10. The predicted molar refractivity (Wildman–Crippen MR) is 126 cm³/mol. The van der Waals surface area contributed by atoms with E-state index in [9.17, 15) is 0 Å². The molecule has 1 spiro atoms. The van der Waals surface area contributed by atoms with Gasteiger partial charge in [0.1, 0.15) is 16.9 Å². The van der Waals surface area contributed by atoms with E-state index in [2.05, 4.69) is 85.0 Å². The quantitative estimate of drug-likeness (QED) is 0.271. The van der Waals surface area contributed by atoms with Crippen LogP contribution in [-0.4, -0.2) is 0 Å². The van der Waals surface area contributed by atoms with Gasteiger partial charge in [0.05, 0.1) is 0 Å². The summed E-state index contributed by atoms with van der Waals surface area (Å²) >= 11 is 0. The molecule has 0 saturated carbocycles. The molecule has 1 aliphatic heterocycles. The largest absolute Gasteiger partial charge is 0.473 e. The average molecular weight is 398 g/mol. The summed E-state index contributed by atoms with van der Waals surface area (Å²) in [6.45, 7) is 0. The Kier molecular flexibility index (Phi) is 3.23. The van der Waals surface area contributed by atoms with Crippen molar-refractivity contribution in [3.63, 3.8) is 0 Å². The molecule has 0 N–H and O–H groups in total. The Labute approximate surface area is 179 Å². The summed E-state index contributed by atoms with van der Waals surface area (Å²) < 4.78 is 13.0. The molecular formula is C29H18O2. The molecule has 0 saturated heterocycles. The van der Waals surface area contributed by atoms with Gasteiger partial charge in [0.2, 0.25) is 0 Å². The number of fused-ring (bicyclic) bond motifs is 9. The number of benzene rings is 4. The normalized spacial score (nSPS) is 15.4. The fraction of sp³-hybridized carbons (Fsp3) is 0.0345. The summed E-state index contributed by atoms with van der Waals surface area (Å²) in [5, 5.41) is 2.22. The van der Waals surface area contributed by atoms with Crippen molar-refractivity contribution in [2.24, 2.45) is 0 Å². The number of hydrogen-bond acceptors (Lipinski definition) is 2. The van der Waals surface area contributed by atoms with Crippen molar-refractivity contribution < 1.29 is 9.15 Å². The molecule has 31 heavy (non-hydrogen) atoms. The van der Waals surface area contributed by atoms with E-state index in [4.69, 9.17) is 9.15 Å². The smallest absolute Gasteiger partial charge is 0.179 e. The molecule has 146 valence electrons. The van der Waals surface area contributed by atoms with E-state index in [-0.39, 0.29) is 0 Å². The minimum absolute atomic E-state index is 0.684. The van der Waals surface area contributed by atoms with Crippen LogP contribution in [0.2, 0.25) is 0 Å². The van der Waals surface area contributed by atoms with Gasteiger partial charge in [-0.1, -0.05) is 78.9 Å². The third-order valence-electron chi connectivity index (χ3n) is 6.46. The Balaban J connectivity index is 1.54. The predicted octanol–water partition coefficient (Wildman–Crippen LogP) is 7.42. The first kappa shape index (κ1) is 16.7. The lowest BCUT2D eigenvalue weighted by atomic mass is 9.80. The van der Waals surface area contributed by atoms with E-state index in [1.54, 1.807) is 0 Å². The topological polar surface area (TPSA) is 22.4 Å². The third-order valence-corrected chi connectivity index (χ3v) is 6.46. The van der Waals surface area contributed by atoms with E-state index in [1.165, 1.54) is 11.1 Å². The molecule has 2 heterocycles. The molecular weight excluding hydrogens is 380 g/mol. The zero-order valence-electron chi connectivity index (χ0n) is 16.7. The maximum atomic E-state index is 6.95. The van der Waals surface area contributed by atoms with Gasteiger partial charge >= 0.3 is 0 Å². The highest BCUT2D eigenvalue weighted by Crippen LogP contribution is 2.48. The lowest BCUT2D eigenvalue weighted by molar-refractivity contribution is 0.161. The van der Waals surface area contributed by atoms with Gasteiger partial charge < -0.3 is 9.15 Å². The molecule has 0 unspecified atom stereocenters. The summed E-state index contributed by atoms with van der Waals surface area (Å²) in [4.78, 5) is 0. The van der Waals surface area contributed by atoms with Crippen molar-refractivity contribution in [1.82, 2.24) is 0 Å². The van der Waals surface area contributed by atoms with Crippen LogP contribution in [0.3, 0.4) is 0 Å². The Morgan fingerprint density at radius 3 is 2.03 bits per heavy atom. The number of furan rings is 1. The number of para-hydroxylation sites is 1. The fourth-order valence-corrected chi connectivity index (χ4v) is 5.06. The first-order chi connectivity index (χ1) is 15.3. The van der Waals surface area contributed by atoms with E-state index < -0.39 is 5.60 Å². The molecule has 5 aromatic rings. The summed E-state index contributed by atoms with van der Waals surface area (Å²) in [5.41, 5.74) is 6.80. The standard InChI is InChI=1S/C29H18O2/c1-4-10-23-19(7-1)13-14-20-8-2-5-11-24(20)29(23)18-17-22-26(31-29)15-16-27-28(22)21-9-3-6-12-25(21)30-27/h1-18H. The zero-order valence-corrected chi connectivity index (χ0v) is 16.7. The highest BCUT2D eigenvalue weighted by atomic mass is 16.5. The highest BCUT2D eigenvalue weighted by Gasteiger charge is 2.41. The third kappa shape index (κ3) is 2.22. The molecule has 4 aromatic carbocycles. The van der Waals surface area contributed by atoms with Crippen LogP contribution in [0, 0.1) is 0 Å². The molecule has 7 rings (SSSR count). The van der Waals surface area contributed by atoms with Crippen molar-refractivity contribution in [2.75, 3.05) is 0 Å². The van der Waals surface area contributed by atoms with E-state index in [0.29, 0.717) is 0 Å². The van der Waals surface area contributed by atoms with Gasteiger partial charge in [-0.3, -0.25) is 0 Å². The first-order valence-electron chi connectivity index (χ1n) is 10.5. The molecule has 0 amide bonds. The second kappa shape index (κ2) is 5.99. The van der Waals surface area contributed by atoms with Gasteiger partial charge in [0, 0.05) is 27.5 Å². The average Bonchev–Trinajstić information content (AvgIpc) is 3.16. The van der Waals surface area contributed by atoms with Crippen LogP contribution < -0.4 is 4.74 Å². The Morgan fingerprint density at radius 2 is 1.26 bits per heavy atom. The van der Waals surface area contributed by atoms with Crippen LogP contribution in [0.1, 0.15) is 27.8 Å². The van der Waals surface area contributed by atoms with E-state index in [1.807, 2.05) is 24.3 Å². The number of rotatable bonds is 0. The zero-order chi connectivity index (χ0) is 20.4. The van der Waals surface area contributed by atoms with Crippen molar-refractivity contribution in [3.8, 4) is 5.75 Å². The minimum Gasteiger partial charge on any atom is -0.473 e. The summed E-state index contributed by atoms with van der Waals surface area (Å²) in [5.74, 6) is 0.869. The maximum absolute atomic E-state index is 6.95. The molecule has 2 heteroatoms. The van der Waals surface area contributed by atoms with Crippen molar-refractivity contribution >= 4 is 40.2 Å². The fourth-order valence-electron chi connectivity index (χ4n) is 5.06. The van der Waals surface area contributed by atoms with Gasteiger partial charge in [-0.05, 0) is 41.5 Å². The Morgan fingerprint density at radius 1 is 0.581 bits per heavy atom. The minimum atomic E-state index is -0.684. The SMILES string of the molecule is C1=Cc2ccccc2C2(C=Cc3c(ccc4oc5ccccc5c34)O2)c2ccccc21. The van der Waals surface area contributed by atoms with Gasteiger partial charge in [-0.2, -0.15) is 0 Å². The molecule has 2 aliphatic rings. The van der Waals surface area contributed by atoms with Gasteiger partial charge in [-0.15, -0.1) is 0 Å². The van der Waals surface area contributed by atoms with Crippen LogP contribution in [0.4, 0.5) is 0 Å². The summed E-state index contributed by atoms with van der Waals surface area (Å²) in [7, 11) is 0. The second-order valence-corrected chi connectivity index (χ2v) is 8.13. The lowest BCUT2D eigenvalue weighted by Crippen LogP contribution is -2.35. The summed E-state index contributed by atoms with van der Waals surface area (Å²) in [6, 6.07) is 29.2. The van der Waals surface area contributed by atoms with Gasteiger partial charge in [0.15, 0.2) is 5.60 Å². The molecule has 1 aliphatic carbocycles. The van der Waals surface area contributed by atoms with E-state index >= 15 is 0 Å². The Bertz CT molecular complexity index is 1520. The number of ether oxygens (including phenoxy) is 1. The lowest BCUT2D eigenvalue weighted by Gasteiger charge is -2.37. The molecule has 0 bridgehead atoms. The molecule has 0 radical (unpaired) electrons. The first-order valence-corrected chi connectivity index (χ1v) is 10.5. The van der Waals surface area contributed by atoms with E-state index in [0.717, 1.165) is 44.4 Å². The van der Waals surface area contributed by atoms with Crippen LogP contribution in [-0.2, 0) is 5.60 Å². The van der Waals surface area contributed by atoms with Crippen LogP contribution in [0.25, 0.3) is 40.2 Å². The van der Waals surface area contributed by atoms with Crippen LogP contribution in [0.15, 0.2) is 95.4 Å². The van der Waals surface area contributed by atoms with Gasteiger partial charge in [-0.25, -0.2) is 0 Å². The number of hydrogen-bond donors (Lipinski definition) is 0. The molecule has 2 nitrogen and oxygen atoms in total. The van der Waals surface area contributed by atoms with Crippen molar-refractivity contribution in [2.45, 2.75) is 5.60 Å². The van der Waals surface area contributed by atoms with Crippen molar-refractivity contribution in [1.29, 1.82) is 0 Å². The van der Waals surface area contributed by atoms with Crippen LogP contribution in [0.5, 0.6) is 5.75 Å². The molecule has 1 aromatic heterocycles. The summed E-state index contributed by atoms with van der Waals surface area (Å²) in [6.07, 6.45) is 8.79. The molecule has 0 fully saturated rings. The van der Waals surface area contributed by atoms with Crippen molar-refractivity contribution in [3.05, 3.63) is 119 Å². The second-order valence-electron chi connectivity index (χ2n) is 8.13. The van der Waals surface area contributed by atoms with Gasteiger partial charge in [0.25, 0.3) is 0 Å². The molecule has 0 atom stereocenters.